The van der Waals surface area contributed by atoms with Gasteiger partial charge < -0.3 is 4.74 Å². The lowest BCUT2D eigenvalue weighted by molar-refractivity contribution is -0.134. The molecular formula is C19H28O2. The van der Waals surface area contributed by atoms with E-state index < -0.39 is 0 Å². The van der Waals surface area contributed by atoms with Crippen LogP contribution in [0.1, 0.15) is 62.5 Å². The molecule has 0 bridgehead atoms. The van der Waals surface area contributed by atoms with Crippen molar-refractivity contribution in [2.24, 2.45) is 0 Å². The highest BCUT2D eigenvalue weighted by Gasteiger charge is 2.07. The highest BCUT2D eigenvalue weighted by Crippen LogP contribution is 2.21. The summed E-state index contributed by atoms with van der Waals surface area (Å²) in [5.41, 5.74) is 2.20. The molecule has 21 heavy (non-hydrogen) atoms. The average molecular weight is 288 g/mol. The van der Waals surface area contributed by atoms with E-state index >= 15 is 0 Å². The van der Waals surface area contributed by atoms with Crippen molar-refractivity contribution < 1.29 is 9.53 Å². The van der Waals surface area contributed by atoms with Gasteiger partial charge in [0.05, 0.1) is 0 Å². The summed E-state index contributed by atoms with van der Waals surface area (Å²) >= 11 is 0. The molecule has 0 radical (unpaired) electrons. The van der Waals surface area contributed by atoms with Crippen molar-refractivity contribution in [1.29, 1.82) is 0 Å². The number of hydrogen-bond donors (Lipinski definition) is 0. The van der Waals surface area contributed by atoms with E-state index in [1.165, 1.54) is 25.7 Å². The Morgan fingerprint density at radius 1 is 1.10 bits per heavy atom. The van der Waals surface area contributed by atoms with Crippen LogP contribution in [0.4, 0.5) is 0 Å². The fourth-order valence-electron chi connectivity index (χ4n) is 2.27. The molecule has 0 aliphatic carbocycles. The molecular weight excluding hydrogens is 260 g/mol. The average Bonchev–Trinajstić information content (AvgIpc) is 2.47. The topological polar surface area (TPSA) is 26.3 Å². The number of allylic oxidation sites excluding steroid dienone is 1. The molecule has 116 valence electrons. The molecule has 0 saturated carbocycles. The van der Waals surface area contributed by atoms with Crippen LogP contribution in [0.2, 0.25) is 0 Å². The van der Waals surface area contributed by atoms with Crippen molar-refractivity contribution in [3.63, 3.8) is 0 Å². The maximum atomic E-state index is 11.8. The lowest BCUT2D eigenvalue weighted by atomic mass is 10.1. The highest BCUT2D eigenvalue weighted by atomic mass is 16.5. The molecule has 0 N–H and O–H groups in total. The summed E-state index contributed by atoms with van der Waals surface area (Å²) < 4.78 is 5.44. The largest absolute Gasteiger partial charge is 0.426 e. The smallest absolute Gasteiger partial charge is 0.311 e. The molecule has 0 aliphatic rings. The molecule has 0 aromatic heterocycles. The maximum absolute atomic E-state index is 11.8. The first-order valence-corrected chi connectivity index (χ1v) is 8.03. The Morgan fingerprint density at radius 3 is 2.48 bits per heavy atom. The minimum atomic E-state index is -0.115. The van der Waals surface area contributed by atoms with Gasteiger partial charge in [-0.05, 0) is 50.3 Å². The van der Waals surface area contributed by atoms with E-state index in [1.807, 2.05) is 38.1 Å². The van der Waals surface area contributed by atoms with Gasteiger partial charge in [-0.25, -0.2) is 0 Å². The van der Waals surface area contributed by atoms with Gasteiger partial charge in [0, 0.05) is 6.42 Å². The van der Waals surface area contributed by atoms with Crippen molar-refractivity contribution in [2.75, 3.05) is 0 Å². The van der Waals surface area contributed by atoms with Crippen LogP contribution in [0.15, 0.2) is 30.9 Å². The van der Waals surface area contributed by atoms with Gasteiger partial charge in [-0.15, -0.1) is 6.58 Å². The summed E-state index contributed by atoms with van der Waals surface area (Å²) in [4.78, 5) is 11.8. The molecule has 0 aliphatic heterocycles. The summed E-state index contributed by atoms with van der Waals surface area (Å²) in [6, 6.07) is 5.81. The third kappa shape index (κ3) is 7.12. The Morgan fingerprint density at radius 2 is 1.76 bits per heavy atom. The van der Waals surface area contributed by atoms with Crippen LogP contribution in [0, 0.1) is 13.8 Å². The van der Waals surface area contributed by atoms with Crippen LogP contribution < -0.4 is 4.74 Å². The Kier molecular flexibility index (Phi) is 8.49. The summed E-state index contributed by atoms with van der Waals surface area (Å²) in [6.07, 6.45) is 10.6. The van der Waals surface area contributed by atoms with Crippen molar-refractivity contribution in [3.05, 3.63) is 42.0 Å². The van der Waals surface area contributed by atoms with Gasteiger partial charge in [-0.2, -0.15) is 0 Å². The van der Waals surface area contributed by atoms with Gasteiger partial charge in [-0.3, -0.25) is 4.79 Å². The Labute approximate surface area is 129 Å². The van der Waals surface area contributed by atoms with Gasteiger partial charge in [0.25, 0.3) is 0 Å². The molecule has 2 heteroatoms. The molecule has 1 rings (SSSR count). The highest BCUT2D eigenvalue weighted by molar-refractivity contribution is 5.72. The first kappa shape index (κ1) is 17.5. The number of ether oxygens (including phenoxy) is 1. The van der Waals surface area contributed by atoms with Crippen LogP contribution in [-0.2, 0) is 4.79 Å². The monoisotopic (exact) mass is 288 g/mol. The molecule has 1 aromatic rings. The molecule has 0 atom stereocenters. The van der Waals surface area contributed by atoms with Gasteiger partial charge >= 0.3 is 5.97 Å². The number of esters is 1. The van der Waals surface area contributed by atoms with Crippen LogP contribution in [-0.4, -0.2) is 5.97 Å². The minimum Gasteiger partial charge on any atom is -0.426 e. The van der Waals surface area contributed by atoms with E-state index in [0.29, 0.717) is 12.2 Å². The van der Waals surface area contributed by atoms with Gasteiger partial charge in [0.1, 0.15) is 5.75 Å². The van der Waals surface area contributed by atoms with Gasteiger partial charge in [0.15, 0.2) is 0 Å². The van der Waals surface area contributed by atoms with Crippen LogP contribution in [0.5, 0.6) is 5.75 Å². The maximum Gasteiger partial charge on any atom is 0.311 e. The number of hydrogen-bond acceptors (Lipinski definition) is 2. The number of carbonyl (C=O) groups excluding carboxylic acids is 1. The van der Waals surface area contributed by atoms with E-state index in [0.717, 1.165) is 30.4 Å². The Bertz CT molecular complexity index is 449. The fraction of sp³-hybridized carbons (Fsp3) is 0.526. The minimum absolute atomic E-state index is 0.115. The van der Waals surface area contributed by atoms with Crippen LogP contribution in [0.25, 0.3) is 0 Å². The fourth-order valence-corrected chi connectivity index (χ4v) is 2.27. The second-order valence-electron chi connectivity index (χ2n) is 5.62. The molecule has 0 fully saturated rings. The third-order valence-electron chi connectivity index (χ3n) is 3.82. The van der Waals surface area contributed by atoms with Crippen molar-refractivity contribution in [1.82, 2.24) is 0 Å². The predicted octanol–water partition coefficient (Wildman–Crippen LogP) is 5.52. The molecule has 2 nitrogen and oxygen atoms in total. The molecule has 0 unspecified atom stereocenters. The number of aryl methyl sites for hydroxylation is 1. The summed E-state index contributed by atoms with van der Waals surface area (Å²) in [5.74, 6) is 0.583. The third-order valence-corrected chi connectivity index (χ3v) is 3.82. The van der Waals surface area contributed by atoms with Crippen LogP contribution >= 0.6 is 0 Å². The first-order valence-electron chi connectivity index (χ1n) is 8.03. The van der Waals surface area contributed by atoms with E-state index in [1.54, 1.807) is 0 Å². The zero-order valence-corrected chi connectivity index (χ0v) is 13.5. The molecule has 0 saturated heterocycles. The van der Waals surface area contributed by atoms with E-state index in [9.17, 15) is 4.79 Å². The molecule has 0 spiro atoms. The summed E-state index contributed by atoms with van der Waals surface area (Å²) in [5, 5.41) is 0. The normalized spacial score (nSPS) is 10.4. The Hall–Kier alpha value is -1.57. The zero-order valence-electron chi connectivity index (χ0n) is 13.5. The second kappa shape index (κ2) is 10.2. The van der Waals surface area contributed by atoms with E-state index in [4.69, 9.17) is 4.74 Å². The number of benzene rings is 1. The van der Waals surface area contributed by atoms with Gasteiger partial charge in [-0.1, -0.05) is 43.9 Å². The zero-order chi connectivity index (χ0) is 15.5. The quantitative estimate of drug-likeness (QED) is 0.245. The molecule has 0 heterocycles. The SMILES string of the molecule is C=CCCCCCCCCC(=O)Oc1cccc(C)c1C. The standard InChI is InChI=1S/C19H28O2/c1-4-5-6-7-8-9-10-11-15-19(20)21-18-14-12-13-16(2)17(18)3/h4,12-14H,1,5-11,15H2,2-3H3. The van der Waals surface area contributed by atoms with Crippen molar-refractivity contribution in [3.8, 4) is 5.75 Å². The number of unbranched alkanes of at least 4 members (excludes halogenated alkanes) is 6. The first-order chi connectivity index (χ1) is 10.1. The van der Waals surface area contributed by atoms with E-state index in [-0.39, 0.29) is 5.97 Å². The molecule has 1 aromatic carbocycles. The summed E-state index contributed by atoms with van der Waals surface area (Å²) in [7, 11) is 0. The summed E-state index contributed by atoms with van der Waals surface area (Å²) in [6.45, 7) is 7.74. The predicted molar refractivity (Wildman–Crippen MR) is 88.7 cm³/mol. The number of carbonyl (C=O) groups is 1. The van der Waals surface area contributed by atoms with Crippen LogP contribution in [0.3, 0.4) is 0 Å². The Balaban J connectivity index is 2.14. The molecule has 0 amide bonds. The lowest BCUT2D eigenvalue weighted by Gasteiger charge is -2.09. The van der Waals surface area contributed by atoms with Gasteiger partial charge in [0.2, 0.25) is 0 Å². The van der Waals surface area contributed by atoms with Crippen molar-refractivity contribution >= 4 is 5.97 Å². The lowest BCUT2D eigenvalue weighted by Crippen LogP contribution is -2.08. The number of rotatable bonds is 10. The van der Waals surface area contributed by atoms with Crippen molar-refractivity contribution in [2.45, 2.75) is 65.2 Å². The van der Waals surface area contributed by atoms with E-state index in [2.05, 4.69) is 6.58 Å². The second-order valence-corrected chi connectivity index (χ2v) is 5.62.